The summed E-state index contributed by atoms with van der Waals surface area (Å²) in [5.41, 5.74) is 8.14. The first-order chi connectivity index (χ1) is 14.1. The van der Waals surface area contributed by atoms with Crippen molar-refractivity contribution in [3.05, 3.63) is 78.1 Å². The van der Waals surface area contributed by atoms with Crippen LogP contribution in [0.2, 0.25) is 0 Å². The Labute approximate surface area is 168 Å². The fourth-order valence-electron chi connectivity index (χ4n) is 3.33. The Morgan fingerprint density at radius 2 is 2.00 bits per heavy atom. The van der Waals surface area contributed by atoms with E-state index < -0.39 is 0 Å². The highest BCUT2D eigenvalue weighted by molar-refractivity contribution is 6.07. The van der Waals surface area contributed by atoms with E-state index >= 15 is 0 Å². The molecular formula is C22H21N5O2. The molecule has 7 nitrogen and oxygen atoms in total. The van der Waals surface area contributed by atoms with Gasteiger partial charge in [-0.15, -0.1) is 0 Å². The highest BCUT2D eigenvalue weighted by Crippen LogP contribution is 2.24. The zero-order valence-electron chi connectivity index (χ0n) is 16.2. The molecule has 0 saturated heterocycles. The fraction of sp³-hybridized carbons (Fsp3) is 0.136. The molecule has 0 aliphatic carbocycles. The van der Waals surface area contributed by atoms with E-state index in [1.165, 1.54) is 0 Å². The van der Waals surface area contributed by atoms with Crippen LogP contribution in [0.3, 0.4) is 0 Å². The largest absolute Gasteiger partial charge is 0.497 e. The predicted molar refractivity (Wildman–Crippen MR) is 112 cm³/mol. The summed E-state index contributed by atoms with van der Waals surface area (Å²) >= 11 is 0. The highest BCUT2D eigenvalue weighted by Gasteiger charge is 2.16. The highest BCUT2D eigenvalue weighted by atomic mass is 16.5. The summed E-state index contributed by atoms with van der Waals surface area (Å²) < 4.78 is 7.16. The van der Waals surface area contributed by atoms with Gasteiger partial charge in [-0.25, -0.2) is 4.98 Å². The van der Waals surface area contributed by atoms with Crippen molar-refractivity contribution in [2.24, 2.45) is 0 Å². The molecule has 0 bridgehead atoms. The van der Waals surface area contributed by atoms with Crippen molar-refractivity contribution >= 4 is 22.8 Å². The Hall–Kier alpha value is -3.87. The molecule has 0 fully saturated rings. The van der Waals surface area contributed by atoms with E-state index in [9.17, 15) is 4.79 Å². The molecule has 3 N–H and O–H groups in total. The number of nitrogen functional groups attached to an aromatic ring is 1. The molecule has 2 heterocycles. The van der Waals surface area contributed by atoms with Gasteiger partial charge in [0.15, 0.2) is 0 Å². The topological polar surface area (TPSA) is 95.1 Å². The number of nitrogens with zero attached hydrogens (tertiary/aromatic N) is 3. The second-order valence-corrected chi connectivity index (χ2v) is 6.67. The van der Waals surface area contributed by atoms with Gasteiger partial charge < -0.3 is 20.4 Å². The molecule has 1 atom stereocenters. The fourth-order valence-corrected chi connectivity index (χ4v) is 3.33. The number of aromatic nitrogens is 3. The molecule has 7 heteroatoms. The van der Waals surface area contributed by atoms with Gasteiger partial charge in [0.1, 0.15) is 11.6 Å². The number of nitrogens with two attached hydrogens (primary N) is 1. The monoisotopic (exact) mass is 387 g/mol. The van der Waals surface area contributed by atoms with Crippen LogP contribution in [-0.2, 0) is 0 Å². The summed E-state index contributed by atoms with van der Waals surface area (Å²) in [4.78, 5) is 21.2. The molecule has 146 valence electrons. The molecule has 4 rings (SSSR count). The van der Waals surface area contributed by atoms with Crippen LogP contribution in [0.25, 0.3) is 16.7 Å². The average molecular weight is 387 g/mol. The van der Waals surface area contributed by atoms with Crippen molar-refractivity contribution in [2.45, 2.75) is 13.0 Å². The van der Waals surface area contributed by atoms with Gasteiger partial charge in [0.25, 0.3) is 5.91 Å². The zero-order valence-corrected chi connectivity index (χ0v) is 16.2. The molecule has 1 amide bonds. The van der Waals surface area contributed by atoms with Gasteiger partial charge in [0.2, 0.25) is 5.95 Å². The lowest BCUT2D eigenvalue weighted by molar-refractivity contribution is 0.0941. The Morgan fingerprint density at radius 1 is 1.17 bits per heavy atom. The Bertz CT molecular complexity index is 1180. The van der Waals surface area contributed by atoms with Crippen molar-refractivity contribution in [3.63, 3.8) is 0 Å². The summed E-state index contributed by atoms with van der Waals surface area (Å²) in [7, 11) is 1.62. The van der Waals surface area contributed by atoms with Crippen molar-refractivity contribution < 1.29 is 9.53 Å². The van der Waals surface area contributed by atoms with E-state index in [1.54, 1.807) is 19.4 Å². The number of carbonyl (C=O) groups is 1. The number of ether oxygens (including phenoxy) is 1. The lowest BCUT2D eigenvalue weighted by atomic mass is 10.1. The minimum atomic E-state index is -0.170. The number of amides is 1. The van der Waals surface area contributed by atoms with E-state index in [-0.39, 0.29) is 17.9 Å². The third-order valence-electron chi connectivity index (χ3n) is 4.83. The smallest absolute Gasteiger partial charge is 0.252 e. The number of fused-ring (bicyclic) bond motifs is 1. The van der Waals surface area contributed by atoms with Gasteiger partial charge in [0.05, 0.1) is 18.7 Å². The standard InChI is InChI=1S/C22H21N5O2/c1-14(15-5-3-6-16(13-15)29-2)25-21(28)18-7-4-8-19-17(18)10-12-27(19)20-9-11-24-22(23)26-20/h3-14H,1-2H3,(H,25,28)(H2,23,24,26). The molecule has 0 saturated carbocycles. The van der Waals surface area contributed by atoms with Crippen LogP contribution in [-0.4, -0.2) is 27.6 Å². The first-order valence-electron chi connectivity index (χ1n) is 9.20. The summed E-state index contributed by atoms with van der Waals surface area (Å²) in [6, 6.07) is 16.8. The van der Waals surface area contributed by atoms with Crippen molar-refractivity contribution in [1.82, 2.24) is 19.9 Å². The minimum Gasteiger partial charge on any atom is -0.497 e. The molecule has 0 radical (unpaired) electrons. The molecule has 4 aromatic rings. The zero-order chi connectivity index (χ0) is 20.4. The van der Waals surface area contributed by atoms with Gasteiger partial charge in [0, 0.05) is 23.3 Å². The maximum absolute atomic E-state index is 13.0. The number of hydrogen-bond donors (Lipinski definition) is 2. The van der Waals surface area contributed by atoms with Gasteiger partial charge in [-0.2, -0.15) is 4.98 Å². The first-order valence-corrected chi connectivity index (χ1v) is 9.20. The third-order valence-corrected chi connectivity index (χ3v) is 4.83. The van der Waals surface area contributed by atoms with Crippen molar-refractivity contribution in [2.75, 3.05) is 12.8 Å². The number of benzene rings is 2. The molecular weight excluding hydrogens is 366 g/mol. The van der Waals surface area contributed by atoms with Crippen LogP contribution in [0, 0.1) is 0 Å². The van der Waals surface area contributed by atoms with Crippen LogP contribution >= 0.6 is 0 Å². The van der Waals surface area contributed by atoms with Crippen LogP contribution in [0.1, 0.15) is 28.9 Å². The second-order valence-electron chi connectivity index (χ2n) is 6.67. The molecule has 0 aliphatic rings. The van der Waals surface area contributed by atoms with E-state index in [2.05, 4.69) is 15.3 Å². The number of hydrogen-bond acceptors (Lipinski definition) is 5. The van der Waals surface area contributed by atoms with Gasteiger partial charge in [-0.3, -0.25) is 4.79 Å². The molecule has 0 spiro atoms. The Balaban J connectivity index is 1.64. The van der Waals surface area contributed by atoms with E-state index in [1.807, 2.05) is 66.2 Å². The Kier molecular flexibility index (Phi) is 4.87. The third kappa shape index (κ3) is 3.62. The maximum Gasteiger partial charge on any atom is 0.252 e. The summed E-state index contributed by atoms with van der Waals surface area (Å²) in [6.45, 7) is 1.95. The second kappa shape index (κ2) is 7.63. The molecule has 0 aliphatic heterocycles. The SMILES string of the molecule is COc1cccc(C(C)NC(=O)c2cccc3c2ccn3-c2ccnc(N)n2)c1. The molecule has 2 aromatic heterocycles. The van der Waals surface area contributed by atoms with Crippen LogP contribution in [0.15, 0.2) is 67.0 Å². The summed E-state index contributed by atoms with van der Waals surface area (Å²) in [5.74, 6) is 1.46. The van der Waals surface area contributed by atoms with E-state index in [4.69, 9.17) is 10.5 Å². The van der Waals surface area contributed by atoms with E-state index in [0.29, 0.717) is 11.4 Å². The van der Waals surface area contributed by atoms with Gasteiger partial charge in [-0.05, 0) is 48.9 Å². The van der Waals surface area contributed by atoms with Gasteiger partial charge >= 0.3 is 0 Å². The van der Waals surface area contributed by atoms with Gasteiger partial charge in [-0.1, -0.05) is 18.2 Å². The summed E-state index contributed by atoms with van der Waals surface area (Å²) in [6.07, 6.45) is 3.48. The number of methoxy groups -OCH3 is 1. The molecule has 1 unspecified atom stereocenters. The summed E-state index contributed by atoms with van der Waals surface area (Å²) in [5, 5.41) is 3.90. The van der Waals surface area contributed by atoms with Crippen LogP contribution in [0.4, 0.5) is 5.95 Å². The normalized spacial score (nSPS) is 11.9. The quantitative estimate of drug-likeness (QED) is 0.546. The maximum atomic E-state index is 13.0. The van der Waals surface area contributed by atoms with Crippen LogP contribution < -0.4 is 15.8 Å². The average Bonchev–Trinajstić information content (AvgIpc) is 3.18. The number of nitrogens with one attached hydrogen (secondary N) is 1. The lowest BCUT2D eigenvalue weighted by Gasteiger charge is -2.16. The molecule has 2 aromatic carbocycles. The minimum absolute atomic E-state index is 0.147. The first kappa shape index (κ1) is 18.5. The molecule has 29 heavy (non-hydrogen) atoms. The number of anilines is 1. The van der Waals surface area contributed by atoms with Crippen molar-refractivity contribution in [1.29, 1.82) is 0 Å². The number of rotatable bonds is 5. The lowest BCUT2D eigenvalue weighted by Crippen LogP contribution is -2.26. The van der Waals surface area contributed by atoms with E-state index in [0.717, 1.165) is 22.2 Å². The Morgan fingerprint density at radius 3 is 2.79 bits per heavy atom. The predicted octanol–water partition coefficient (Wildman–Crippen LogP) is 3.50. The van der Waals surface area contributed by atoms with Crippen molar-refractivity contribution in [3.8, 4) is 11.6 Å². The number of carbonyl (C=O) groups excluding carboxylic acids is 1. The van der Waals surface area contributed by atoms with Crippen LogP contribution in [0.5, 0.6) is 5.75 Å².